The first-order valence-electron chi connectivity index (χ1n) is 6.37. The quantitative estimate of drug-likeness (QED) is 0.625. The minimum absolute atomic E-state index is 0.280. The van der Waals surface area contributed by atoms with Gasteiger partial charge in [-0.2, -0.15) is 0 Å². The molecule has 0 radical (unpaired) electrons. The lowest BCUT2D eigenvalue weighted by atomic mass is 9.85. The Morgan fingerprint density at radius 3 is 2.13 bits per heavy atom. The highest BCUT2D eigenvalue weighted by Gasteiger charge is 2.32. The molecule has 0 aliphatic carbocycles. The van der Waals surface area contributed by atoms with Crippen LogP contribution in [0.1, 0.15) is 52.9 Å². The summed E-state index contributed by atoms with van der Waals surface area (Å²) in [5, 5.41) is 3.49. The van der Waals surface area contributed by atoms with Crippen LogP contribution in [0.15, 0.2) is 0 Å². The highest BCUT2D eigenvalue weighted by molar-refractivity contribution is 4.93. The Kier molecular flexibility index (Phi) is 7.20. The molecule has 0 aliphatic rings. The average molecular weight is 214 g/mol. The fourth-order valence-electron chi connectivity index (χ4n) is 2.24. The highest BCUT2D eigenvalue weighted by atomic mass is 15.2. The molecule has 0 amide bonds. The average Bonchev–Trinajstić information content (AvgIpc) is 2.23. The number of hydrogen-bond donors (Lipinski definition) is 1. The van der Waals surface area contributed by atoms with Crippen LogP contribution in [0.2, 0.25) is 0 Å². The molecule has 15 heavy (non-hydrogen) atoms. The molecule has 2 atom stereocenters. The van der Waals surface area contributed by atoms with Crippen LogP contribution in [0.3, 0.4) is 0 Å². The van der Waals surface area contributed by atoms with Gasteiger partial charge in [-0.05, 0) is 40.9 Å². The lowest BCUT2D eigenvalue weighted by Gasteiger charge is -2.42. The molecule has 2 nitrogen and oxygen atoms in total. The van der Waals surface area contributed by atoms with Crippen molar-refractivity contribution in [2.75, 3.05) is 21.1 Å². The number of rotatable bonds is 8. The summed E-state index contributed by atoms with van der Waals surface area (Å²) in [6.45, 7) is 6.91. The molecule has 0 aromatic rings. The fraction of sp³-hybridized carbons (Fsp3) is 1.00. The molecule has 0 aliphatic heterocycles. The van der Waals surface area contributed by atoms with Crippen molar-refractivity contribution in [3.05, 3.63) is 0 Å². The first-order valence-corrected chi connectivity index (χ1v) is 6.37. The maximum atomic E-state index is 3.49. The maximum Gasteiger partial charge on any atom is 0.0325 e. The van der Waals surface area contributed by atoms with Gasteiger partial charge in [-0.1, -0.05) is 33.1 Å². The minimum Gasteiger partial charge on any atom is -0.315 e. The second-order valence-corrected chi connectivity index (χ2v) is 4.94. The molecule has 0 heterocycles. The zero-order valence-electron chi connectivity index (χ0n) is 11.6. The molecular weight excluding hydrogens is 184 g/mol. The number of unbranched alkanes of at least 4 members (excludes halogenated alkanes) is 2. The van der Waals surface area contributed by atoms with Crippen molar-refractivity contribution in [2.45, 2.75) is 64.5 Å². The van der Waals surface area contributed by atoms with Crippen LogP contribution in [-0.2, 0) is 0 Å². The zero-order valence-corrected chi connectivity index (χ0v) is 11.6. The molecule has 2 unspecified atom stereocenters. The molecule has 1 N–H and O–H groups in total. The zero-order chi connectivity index (χ0) is 11.9. The summed E-state index contributed by atoms with van der Waals surface area (Å²) in [5.41, 5.74) is 0.280. The van der Waals surface area contributed by atoms with Gasteiger partial charge >= 0.3 is 0 Å². The molecule has 2 heteroatoms. The predicted molar refractivity (Wildman–Crippen MR) is 69.4 cm³/mol. The van der Waals surface area contributed by atoms with Gasteiger partial charge in [0.25, 0.3) is 0 Å². The summed E-state index contributed by atoms with van der Waals surface area (Å²) in [5.74, 6) is 0. The van der Waals surface area contributed by atoms with Crippen LogP contribution < -0.4 is 5.32 Å². The highest BCUT2D eigenvalue weighted by Crippen LogP contribution is 2.24. The second-order valence-electron chi connectivity index (χ2n) is 4.94. The van der Waals surface area contributed by atoms with Crippen LogP contribution in [0.4, 0.5) is 0 Å². The van der Waals surface area contributed by atoms with Gasteiger partial charge in [0.05, 0.1) is 0 Å². The smallest absolute Gasteiger partial charge is 0.0325 e. The van der Waals surface area contributed by atoms with Crippen LogP contribution in [0, 0.1) is 0 Å². The van der Waals surface area contributed by atoms with E-state index in [-0.39, 0.29) is 5.54 Å². The first kappa shape index (κ1) is 14.9. The van der Waals surface area contributed by atoms with E-state index >= 15 is 0 Å². The number of nitrogens with one attached hydrogen (secondary N) is 1. The van der Waals surface area contributed by atoms with Crippen LogP contribution in [0.25, 0.3) is 0 Å². The molecule has 92 valence electrons. The third-order valence-corrected chi connectivity index (χ3v) is 3.93. The Morgan fingerprint density at radius 1 is 1.20 bits per heavy atom. The van der Waals surface area contributed by atoms with Gasteiger partial charge in [-0.15, -0.1) is 0 Å². The van der Waals surface area contributed by atoms with Crippen molar-refractivity contribution < 1.29 is 0 Å². The van der Waals surface area contributed by atoms with E-state index in [1.165, 1.54) is 32.1 Å². The van der Waals surface area contributed by atoms with E-state index in [1.807, 2.05) is 0 Å². The van der Waals surface area contributed by atoms with Crippen LogP contribution >= 0.6 is 0 Å². The van der Waals surface area contributed by atoms with E-state index in [2.05, 4.69) is 52.1 Å². The van der Waals surface area contributed by atoms with E-state index in [1.54, 1.807) is 0 Å². The van der Waals surface area contributed by atoms with Crippen molar-refractivity contribution in [2.24, 2.45) is 0 Å². The normalized spacial score (nSPS) is 17.8. The number of hydrogen-bond acceptors (Lipinski definition) is 2. The van der Waals surface area contributed by atoms with E-state index in [9.17, 15) is 0 Å². The third kappa shape index (κ3) is 4.12. The predicted octanol–water partition coefficient (Wildman–Crippen LogP) is 2.89. The van der Waals surface area contributed by atoms with Gasteiger partial charge < -0.3 is 10.2 Å². The fourth-order valence-corrected chi connectivity index (χ4v) is 2.24. The molecule has 0 saturated carbocycles. The van der Waals surface area contributed by atoms with Gasteiger partial charge in [0.15, 0.2) is 0 Å². The molecule has 0 fully saturated rings. The molecule has 0 spiro atoms. The third-order valence-electron chi connectivity index (χ3n) is 3.93. The largest absolute Gasteiger partial charge is 0.315 e. The minimum atomic E-state index is 0.280. The van der Waals surface area contributed by atoms with Gasteiger partial charge in [-0.25, -0.2) is 0 Å². The summed E-state index contributed by atoms with van der Waals surface area (Å²) in [4.78, 5) is 2.36. The second kappa shape index (κ2) is 7.24. The van der Waals surface area contributed by atoms with E-state index in [0.29, 0.717) is 6.04 Å². The van der Waals surface area contributed by atoms with Crippen molar-refractivity contribution >= 4 is 0 Å². The van der Waals surface area contributed by atoms with E-state index in [0.717, 1.165) is 0 Å². The summed E-state index contributed by atoms with van der Waals surface area (Å²) >= 11 is 0. The first-order chi connectivity index (χ1) is 7.02. The molecule has 0 aromatic carbocycles. The van der Waals surface area contributed by atoms with E-state index < -0.39 is 0 Å². The van der Waals surface area contributed by atoms with Crippen LogP contribution in [-0.4, -0.2) is 37.6 Å². The summed E-state index contributed by atoms with van der Waals surface area (Å²) < 4.78 is 0. The Hall–Kier alpha value is -0.0800. The maximum absolute atomic E-state index is 3.49. The summed E-state index contributed by atoms with van der Waals surface area (Å²) in [6.07, 6.45) is 6.47. The van der Waals surface area contributed by atoms with Crippen molar-refractivity contribution in [1.29, 1.82) is 0 Å². The lowest BCUT2D eigenvalue weighted by Crippen LogP contribution is -2.55. The molecule has 0 aromatic heterocycles. The molecule has 0 saturated heterocycles. The molecule has 0 rings (SSSR count). The molecule has 0 bridgehead atoms. The number of likely N-dealkylation sites (N-methyl/N-ethyl adjacent to an activating group) is 2. The van der Waals surface area contributed by atoms with E-state index in [4.69, 9.17) is 0 Å². The Morgan fingerprint density at radius 2 is 1.80 bits per heavy atom. The van der Waals surface area contributed by atoms with Crippen molar-refractivity contribution in [3.8, 4) is 0 Å². The van der Waals surface area contributed by atoms with Gasteiger partial charge in [0.1, 0.15) is 0 Å². The Labute approximate surface area is 96.4 Å². The SMILES string of the molecule is CCCCCC(NC)C(C)(CC)N(C)C. The summed E-state index contributed by atoms with van der Waals surface area (Å²) in [6, 6.07) is 0.601. The van der Waals surface area contributed by atoms with Gasteiger partial charge in [0.2, 0.25) is 0 Å². The van der Waals surface area contributed by atoms with Gasteiger partial charge in [0, 0.05) is 11.6 Å². The lowest BCUT2D eigenvalue weighted by molar-refractivity contribution is 0.110. The van der Waals surface area contributed by atoms with Crippen molar-refractivity contribution in [1.82, 2.24) is 10.2 Å². The number of nitrogens with zero attached hydrogens (tertiary/aromatic N) is 1. The standard InChI is InChI=1S/C13H30N2/c1-7-9-10-11-12(14-4)13(3,8-2)15(5)6/h12,14H,7-11H2,1-6H3. The van der Waals surface area contributed by atoms with Crippen molar-refractivity contribution in [3.63, 3.8) is 0 Å². The topological polar surface area (TPSA) is 15.3 Å². The summed E-state index contributed by atoms with van der Waals surface area (Å²) in [7, 11) is 6.47. The van der Waals surface area contributed by atoms with Crippen LogP contribution in [0.5, 0.6) is 0 Å². The van der Waals surface area contributed by atoms with Gasteiger partial charge in [-0.3, -0.25) is 0 Å². The molecular formula is C13H30N2. The monoisotopic (exact) mass is 214 g/mol. The Balaban J connectivity index is 4.33. The Bertz CT molecular complexity index is 157.